The predicted octanol–water partition coefficient (Wildman–Crippen LogP) is 3.32. The van der Waals surface area contributed by atoms with Crippen LogP contribution < -0.4 is 0 Å². The molecule has 0 N–H and O–H groups in total. The number of halogens is 1. The molecule has 0 aliphatic carbocycles. The summed E-state index contributed by atoms with van der Waals surface area (Å²) in [4.78, 5) is 18.5. The van der Waals surface area contributed by atoms with Crippen molar-refractivity contribution >= 4 is 17.3 Å². The lowest BCUT2D eigenvalue weighted by Crippen LogP contribution is -2.01. The molecule has 92 valence electrons. The Balaban J connectivity index is 2.78. The maximum atomic E-state index is 11.1. The van der Waals surface area contributed by atoms with E-state index in [-0.39, 0.29) is 22.4 Å². The molecule has 1 aromatic carbocycles. The number of nitrogens with zero attached hydrogens (tertiary/aromatic N) is 3. The Kier molecular flexibility index (Phi) is 3.25. The molecule has 1 heterocycles. The van der Waals surface area contributed by atoms with Gasteiger partial charge in [0.2, 0.25) is 5.28 Å². The highest BCUT2D eigenvalue weighted by Crippen LogP contribution is 2.32. The Hall–Kier alpha value is -2.01. The zero-order chi connectivity index (χ0) is 13.3. The molecule has 0 aliphatic heterocycles. The summed E-state index contributed by atoms with van der Waals surface area (Å²) in [6.45, 7) is 3.41. The Morgan fingerprint density at radius 3 is 2.50 bits per heavy atom. The lowest BCUT2D eigenvalue weighted by Gasteiger charge is -2.07. The predicted molar refractivity (Wildman–Crippen MR) is 68.6 cm³/mol. The topological polar surface area (TPSA) is 68.9 Å². The fourth-order valence-electron chi connectivity index (χ4n) is 1.78. The molecule has 18 heavy (non-hydrogen) atoms. The highest BCUT2D eigenvalue weighted by atomic mass is 35.5. The lowest BCUT2D eigenvalue weighted by atomic mass is 10.0. The van der Waals surface area contributed by atoms with Crippen LogP contribution in [0.15, 0.2) is 24.3 Å². The van der Waals surface area contributed by atoms with Crippen molar-refractivity contribution in [1.29, 1.82) is 0 Å². The van der Waals surface area contributed by atoms with E-state index in [1.54, 1.807) is 19.1 Å². The normalized spacial score (nSPS) is 10.4. The first-order valence-corrected chi connectivity index (χ1v) is 5.63. The molecular formula is C12H10ClN3O2. The minimum Gasteiger partial charge on any atom is -0.258 e. The van der Waals surface area contributed by atoms with Crippen molar-refractivity contribution < 1.29 is 4.92 Å². The quantitative estimate of drug-likeness (QED) is 0.473. The van der Waals surface area contributed by atoms with Crippen LogP contribution in [0, 0.1) is 24.0 Å². The van der Waals surface area contributed by atoms with E-state index in [0.717, 1.165) is 5.56 Å². The maximum absolute atomic E-state index is 11.1. The van der Waals surface area contributed by atoms with Crippen LogP contribution in [0.2, 0.25) is 5.28 Å². The summed E-state index contributed by atoms with van der Waals surface area (Å²) in [5.74, 6) is 0. The fourth-order valence-corrected chi connectivity index (χ4v) is 1.99. The third-order valence-electron chi connectivity index (χ3n) is 2.61. The number of benzene rings is 1. The summed E-state index contributed by atoms with van der Waals surface area (Å²) in [7, 11) is 0. The van der Waals surface area contributed by atoms with Crippen molar-refractivity contribution in [3.05, 3.63) is 50.9 Å². The highest BCUT2D eigenvalue weighted by molar-refractivity contribution is 6.28. The second-order valence-electron chi connectivity index (χ2n) is 3.85. The zero-order valence-corrected chi connectivity index (χ0v) is 10.6. The van der Waals surface area contributed by atoms with Gasteiger partial charge in [-0.2, -0.15) is 0 Å². The zero-order valence-electron chi connectivity index (χ0n) is 9.85. The van der Waals surface area contributed by atoms with Gasteiger partial charge in [-0.25, -0.2) is 9.97 Å². The monoisotopic (exact) mass is 263 g/mol. The molecule has 2 rings (SSSR count). The van der Waals surface area contributed by atoms with Gasteiger partial charge in [0.15, 0.2) is 5.69 Å². The minimum absolute atomic E-state index is 0.0105. The summed E-state index contributed by atoms with van der Waals surface area (Å²) in [6, 6.07) is 7.31. The number of hydrogen-bond acceptors (Lipinski definition) is 4. The van der Waals surface area contributed by atoms with Crippen LogP contribution in [0.3, 0.4) is 0 Å². The Labute approximate surface area is 109 Å². The van der Waals surface area contributed by atoms with Crippen molar-refractivity contribution in [2.75, 3.05) is 0 Å². The van der Waals surface area contributed by atoms with Crippen LogP contribution in [0.25, 0.3) is 11.3 Å². The van der Waals surface area contributed by atoms with Gasteiger partial charge in [0.25, 0.3) is 0 Å². The van der Waals surface area contributed by atoms with Crippen LogP contribution in [-0.2, 0) is 0 Å². The van der Waals surface area contributed by atoms with E-state index in [4.69, 9.17) is 11.6 Å². The van der Waals surface area contributed by atoms with Gasteiger partial charge in [0.05, 0.1) is 4.92 Å². The van der Waals surface area contributed by atoms with Gasteiger partial charge in [0.1, 0.15) is 5.69 Å². The van der Waals surface area contributed by atoms with Crippen LogP contribution >= 0.6 is 11.6 Å². The van der Waals surface area contributed by atoms with E-state index >= 15 is 0 Å². The van der Waals surface area contributed by atoms with Crippen molar-refractivity contribution in [2.24, 2.45) is 0 Å². The average Bonchev–Trinajstić information content (AvgIpc) is 2.27. The van der Waals surface area contributed by atoms with Crippen molar-refractivity contribution in [3.63, 3.8) is 0 Å². The highest BCUT2D eigenvalue weighted by Gasteiger charge is 2.23. The van der Waals surface area contributed by atoms with E-state index in [1.807, 2.05) is 19.1 Å². The number of hydrogen-bond donors (Lipinski definition) is 0. The van der Waals surface area contributed by atoms with Gasteiger partial charge in [0, 0.05) is 5.56 Å². The van der Waals surface area contributed by atoms with E-state index in [2.05, 4.69) is 9.97 Å². The molecule has 0 amide bonds. The second-order valence-corrected chi connectivity index (χ2v) is 4.19. The summed E-state index contributed by atoms with van der Waals surface area (Å²) in [5, 5.41) is 11.1. The van der Waals surface area contributed by atoms with Gasteiger partial charge >= 0.3 is 5.69 Å². The molecule has 6 heteroatoms. The van der Waals surface area contributed by atoms with Crippen LogP contribution in [0.5, 0.6) is 0 Å². The lowest BCUT2D eigenvalue weighted by molar-refractivity contribution is -0.385. The van der Waals surface area contributed by atoms with Crippen molar-refractivity contribution in [3.8, 4) is 11.3 Å². The summed E-state index contributed by atoms with van der Waals surface area (Å²) in [5.41, 5.74) is 2.01. The maximum Gasteiger partial charge on any atom is 0.316 e. The summed E-state index contributed by atoms with van der Waals surface area (Å²) < 4.78 is 0. The summed E-state index contributed by atoms with van der Waals surface area (Å²) in [6.07, 6.45) is 0. The van der Waals surface area contributed by atoms with E-state index < -0.39 is 4.92 Å². The number of rotatable bonds is 2. The minimum atomic E-state index is -0.479. The Bertz CT molecular complexity index is 629. The number of aryl methyl sites for hydroxylation is 2. The molecule has 0 fully saturated rings. The third kappa shape index (κ3) is 2.17. The van der Waals surface area contributed by atoms with Crippen molar-refractivity contribution in [2.45, 2.75) is 13.8 Å². The van der Waals surface area contributed by atoms with Gasteiger partial charge in [-0.05, 0) is 31.0 Å². The molecule has 0 radical (unpaired) electrons. The molecule has 0 saturated heterocycles. The molecule has 0 bridgehead atoms. The molecule has 0 spiro atoms. The smallest absolute Gasteiger partial charge is 0.258 e. The van der Waals surface area contributed by atoms with E-state index in [1.165, 1.54) is 0 Å². The van der Waals surface area contributed by atoms with Gasteiger partial charge in [-0.3, -0.25) is 10.1 Å². The van der Waals surface area contributed by atoms with Crippen LogP contribution in [0.1, 0.15) is 11.3 Å². The standard InChI is InChI=1S/C12H10ClN3O2/c1-7-5-3-4-6-9(7)10-11(16(17)18)8(2)14-12(13)15-10/h3-6H,1-2H3. The summed E-state index contributed by atoms with van der Waals surface area (Å²) >= 11 is 5.78. The molecule has 0 unspecified atom stereocenters. The van der Waals surface area contributed by atoms with Crippen LogP contribution in [0.4, 0.5) is 5.69 Å². The molecule has 0 saturated carbocycles. The molecule has 0 aliphatic rings. The van der Waals surface area contributed by atoms with Gasteiger partial charge in [-0.15, -0.1) is 0 Å². The molecule has 0 atom stereocenters. The van der Waals surface area contributed by atoms with E-state index in [9.17, 15) is 10.1 Å². The van der Waals surface area contributed by atoms with Gasteiger partial charge < -0.3 is 0 Å². The average molecular weight is 264 g/mol. The van der Waals surface area contributed by atoms with Crippen molar-refractivity contribution in [1.82, 2.24) is 9.97 Å². The Morgan fingerprint density at radius 2 is 1.89 bits per heavy atom. The SMILES string of the molecule is Cc1ccccc1-c1nc(Cl)nc(C)c1[N+](=O)[O-]. The Morgan fingerprint density at radius 1 is 1.22 bits per heavy atom. The molecule has 2 aromatic rings. The molecule has 1 aromatic heterocycles. The van der Waals surface area contributed by atoms with Crippen LogP contribution in [-0.4, -0.2) is 14.9 Å². The van der Waals surface area contributed by atoms with Gasteiger partial charge in [-0.1, -0.05) is 24.3 Å². The largest absolute Gasteiger partial charge is 0.316 e. The second kappa shape index (κ2) is 4.70. The fraction of sp³-hybridized carbons (Fsp3) is 0.167. The first-order valence-electron chi connectivity index (χ1n) is 5.25. The first-order chi connectivity index (χ1) is 8.50. The first kappa shape index (κ1) is 12.4. The molecular weight excluding hydrogens is 254 g/mol. The number of aromatic nitrogens is 2. The molecule has 5 nitrogen and oxygen atoms in total. The van der Waals surface area contributed by atoms with E-state index in [0.29, 0.717) is 5.56 Å². The third-order valence-corrected chi connectivity index (χ3v) is 2.78. The number of nitro groups is 1.